The number of hydrogen-bond acceptors (Lipinski definition) is 5. The molecule has 0 bridgehead atoms. The van der Waals surface area contributed by atoms with Crippen molar-refractivity contribution in [2.24, 2.45) is 10.9 Å². The predicted octanol–water partition coefficient (Wildman–Crippen LogP) is 0.709. The fourth-order valence-corrected chi connectivity index (χ4v) is 3.67. The van der Waals surface area contributed by atoms with Crippen molar-refractivity contribution in [3.63, 3.8) is 0 Å². The van der Waals surface area contributed by atoms with Gasteiger partial charge < -0.3 is 19.6 Å². The molecule has 7 nitrogen and oxygen atoms in total. The lowest BCUT2D eigenvalue weighted by molar-refractivity contribution is 0.167. The molecule has 1 aromatic heterocycles. The van der Waals surface area contributed by atoms with Gasteiger partial charge >= 0.3 is 0 Å². The molecule has 0 aromatic carbocycles. The molecule has 1 atom stereocenters. The number of likely N-dealkylation sites (tertiary alicyclic amines) is 1. The van der Waals surface area contributed by atoms with Gasteiger partial charge in [0.2, 0.25) is 0 Å². The first-order chi connectivity index (χ1) is 11.7. The molecule has 3 rings (SSSR count). The van der Waals surface area contributed by atoms with E-state index in [4.69, 9.17) is 4.52 Å². The Balaban J connectivity index is 1.42. The molecule has 1 N–H and O–H groups in total. The summed E-state index contributed by atoms with van der Waals surface area (Å²) in [5, 5.41) is 7.59. The van der Waals surface area contributed by atoms with Crippen LogP contribution in [0.1, 0.15) is 18.5 Å². The third kappa shape index (κ3) is 4.70. The van der Waals surface area contributed by atoms with E-state index in [9.17, 15) is 0 Å². The van der Waals surface area contributed by atoms with E-state index in [0.29, 0.717) is 0 Å². The summed E-state index contributed by atoms with van der Waals surface area (Å²) in [4.78, 5) is 11.7. The first-order valence-corrected chi connectivity index (χ1v) is 9.00. The van der Waals surface area contributed by atoms with Crippen LogP contribution < -0.4 is 5.32 Å². The van der Waals surface area contributed by atoms with E-state index < -0.39 is 0 Å². The quantitative estimate of drug-likeness (QED) is 0.646. The van der Waals surface area contributed by atoms with E-state index in [-0.39, 0.29) is 0 Å². The second kappa shape index (κ2) is 8.48. The molecule has 7 heteroatoms. The Morgan fingerprint density at radius 1 is 1.33 bits per heavy atom. The van der Waals surface area contributed by atoms with Gasteiger partial charge in [0.15, 0.2) is 5.96 Å². The van der Waals surface area contributed by atoms with E-state index in [1.54, 1.807) is 6.26 Å². The van der Waals surface area contributed by atoms with Gasteiger partial charge in [0, 0.05) is 58.9 Å². The SMILES string of the molecule is CN=C(NCC1CCCN(C)C1)N1CCN(Cc2ccon2)CC1. The lowest BCUT2D eigenvalue weighted by Gasteiger charge is -2.37. The van der Waals surface area contributed by atoms with E-state index in [1.165, 1.54) is 25.9 Å². The van der Waals surface area contributed by atoms with Crippen molar-refractivity contribution in [2.45, 2.75) is 19.4 Å². The molecular weight excluding hydrogens is 304 g/mol. The lowest BCUT2D eigenvalue weighted by atomic mass is 9.98. The van der Waals surface area contributed by atoms with Crippen molar-refractivity contribution in [3.05, 3.63) is 18.0 Å². The van der Waals surface area contributed by atoms with Crippen molar-refractivity contribution >= 4 is 5.96 Å². The third-order valence-corrected chi connectivity index (χ3v) is 5.03. The summed E-state index contributed by atoms with van der Waals surface area (Å²) in [7, 11) is 4.10. The van der Waals surface area contributed by atoms with Gasteiger partial charge in [0.25, 0.3) is 0 Å². The van der Waals surface area contributed by atoms with Crippen LogP contribution in [0.3, 0.4) is 0 Å². The summed E-state index contributed by atoms with van der Waals surface area (Å²) in [5.74, 6) is 1.78. The summed E-state index contributed by atoms with van der Waals surface area (Å²) in [6.45, 7) is 8.37. The minimum atomic E-state index is 0.731. The Labute approximate surface area is 144 Å². The van der Waals surface area contributed by atoms with Gasteiger partial charge in [-0.1, -0.05) is 5.16 Å². The van der Waals surface area contributed by atoms with Crippen LogP contribution in [0, 0.1) is 5.92 Å². The number of piperidine rings is 1. The number of nitrogens with one attached hydrogen (secondary N) is 1. The zero-order chi connectivity index (χ0) is 16.8. The molecule has 1 unspecified atom stereocenters. The van der Waals surface area contributed by atoms with Crippen molar-refractivity contribution in [3.8, 4) is 0 Å². The molecule has 0 radical (unpaired) electrons. The highest BCUT2D eigenvalue weighted by molar-refractivity contribution is 5.80. The molecule has 2 aliphatic heterocycles. The van der Waals surface area contributed by atoms with E-state index in [0.717, 1.165) is 56.8 Å². The van der Waals surface area contributed by atoms with Gasteiger partial charge in [0.05, 0.1) is 5.69 Å². The van der Waals surface area contributed by atoms with Crippen LogP contribution in [-0.2, 0) is 6.54 Å². The van der Waals surface area contributed by atoms with Crippen LogP contribution in [-0.4, -0.2) is 85.7 Å². The van der Waals surface area contributed by atoms with Gasteiger partial charge in [0.1, 0.15) is 6.26 Å². The standard InChI is InChI=1S/C17H30N6O/c1-18-17(19-12-15-4-3-6-21(2)13-15)23-9-7-22(8-10-23)14-16-5-11-24-20-16/h5,11,15H,3-4,6-10,12-14H2,1-2H3,(H,18,19). The summed E-state index contributed by atoms with van der Waals surface area (Å²) in [6.07, 6.45) is 4.27. The lowest BCUT2D eigenvalue weighted by Crippen LogP contribution is -2.53. The average Bonchev–Trinajstić information content (AvgIpc) is 3.10. The first kappa shape index (κ1) is 17.2. The van der Waals surface area contributed by atoms with Crippen LogP contribution >= 0.6 is 0 Å². The highest BCUT2D eigenvalue weighted by atomic mass is 16.5. The minimum absolute atomic E-state index is 0.731. The van der Waals surface area contributed by atoms with E-state index in [1.807, 2.05) is 13.1 Å². The maximum Gasteiger partial charge on any atom is 0.193 e. The largest absolute Gasteiger partial charge is 0.364 e. The molecule has 1 aromatic rings. The van der Waals surface area contributed by atoms with Crippen LogP contribution in [0.15, 0.2) is 21.8 Å². The molecule has 0 amide bonds. The number of aliphatic imine (C=N–C) groups is 1. The Hall–Kier alpha value is -1.60. The maximum absolute atomic E-state index is 4.91. The number of nitrogens with zero attached hydrogens (tertiary/aromatic N) is 5. The Morgan fingerprint density at radius 3 is 2.83 bits per heavy atom. The number of piperazine rings is 1. The Morgan fingerprint density at radius 2 is 2.17 bits per heavy atom. The first-order valence-electron chi connectivity index (χ1n) is 9.00. The van der Waals surface area contributed by atoms with Gasteiger partial charge in [-0.15, -0.1) is 0 Å². The Kier molecular flexibility index (Phi) is 6.09. The molecule has 24 heavy (non-hydrogen) atoms. The average molecular weight is 334 g/mol. The van der Waals surface area contributed by atoms with Crippen LogP contribution in [0.4, 0.5) is 0 Å². The van der Waals surface area contributed by atoms with Crippen molar-refractivity contribution in [1.82, 2.24) is 25.2 Å². The molecular formula is C17H30N6O. The number of hydrogen-bond donors (Lipinski definition) is 1. The topological polar surface area (TPSA) is 60.1 Å². The van der Waals surface area contributed by atoms with Crippen molar-refractivity contribution < 1.29 is 4.52 Å². The minimum Gasteiger partial charge on any atom is -0.364 e. The molecule has 0 saturated carbocycles. The van der Waals surface area contributed by atoms with Crippen molar-refractivity contribution in [2.75, 3.05) is 59.9 Å². The number of guanidine groups is 1. The number of rotatable bonds is 4. The fourth-order valence-electron chi connectivity index (χ4n) is 3.67. The number of aromatic nitrogens is 1. The van der Waals surface area contributed by atoms with Crippen molar-refractivity contribution in [1.29, 1.82) is 0 Å². The zero-order valence-corrected chi connectivity index (χ0v) is 14.9. The van der Waals surface area contributed by atoms with Crippen LogP contribution in [0.25, 0.3) is 0 Å². The van der Waals surface area contributed by atoms with Gasteiger partial charge in [-0.25, -0.2) is 0 Å². The summed E-state index contributed by atoms with van der Waals surface area (Å²) < 4.78 is 4.91. The highest BCUT2D eigenvalue weighted by Crippen LogP contribution is 2.14. The fraction of sp³-hybridized carbons (Fsp3) is 0.765. The molecule has 3 heterocycles. The van der Waals surface area contributed by atoms with E-state index in [2.05, 4.69) is 37.2 Å². The summed E-state index contributed by atoms with van der Waals surface area (Å²) in [6, 6.07) is 1.94. The summed E-state index contributed by atoms with van der Waals surface area (Å²) in [5.41, 5.74) is 1.01. The third-order valence-electron chi connectivity index (χ3n) is 5.03. The molecule has 2 fully saturated rings. The maximum atomic E-state index is 4.91. The second-order valence-electron chi connectivity index (χ2n) is 6.95. The highest BCUT2D eigenvalue weighted by Gasteiger charge is 2.22. The van der Waals surface area contributed by atoms with Gasteiger partial charge in [-0.2, -0.15) is 0 Å². The molecule has 0 spiro atoms. The van der Waals surface area contributed by atoms with E-state index >= 15 is 0 Å². The molecule has 2 saturated heterocycles. The zero-order valence-electron chi connectivity index (χ0n) is 14.9. The molecule has 2 aliphatic rings. The smallest absolute Gasteiger partial charge is 0.193 e. The predicted molar refractivity (Wildman–Crippen MR) is 94.9 cm³/mol. The van der Waals surface area contributed by atoms with Gasteiger partial charge in [-0.05, 0) is 32.4 Å². The normalized spacial score (nSPS) is 24.3. The monoisotopic (exact) mass is 334 g/mol. The molecule has 0 aliphatic carbocycles. The summed E-state index contributed by atoms with van der Waals surface area (Å²) >= 11 is 0. The Bertz CT molecular complexity index is 509. The van der Waals surface area contributed by atoms with Crippen LogP contribution in [0.5, 0.6) is 0 Å². The second-order valence-corrected chi connectivity index (χ2v) is 6.95. The van der Waals surface area contributed by atoms with Gasteiger partial charge in [-0.3, -0.25) is 9.89 Å². The van der Waals surface area contributed by atoms with Crippen LogP contribution in [0.2, 0.25) is 0 Å². The molecule has 134 valence electrons.